The number of hydrogen-bond acceptors (Lipinski definition) is 5. The van der Waals surface area contributed by atoms with E-state index in [-0.39, 0.29) is 11.6 Å². The van der Waals surface area contributed by atoms with Crippen LogP contribution in [-0.4, -0.2) is 9.91 Å². The smallest absolute Gasteiger partial charge is 0.287 e. The van der Waals surface area contributed by atoms with Crippen LogP contribution in [0.15, 0.2) is 36.5 Å². The highest BCUT2D eigenvalue weighted by Crippen LogP contribution is 2.24. The molecule has 0 unspecified atom stereocenters. The van der Waals surface area contributed by atoms with E-state index in [1.54, 1.807) is 18.2 Å². The maximum absolute atomic E-state index is 10.5. The van der Waals surface area contributed by atoms with Crippen LogP contribution < -0.4 is 4.74 Å². The van der Waals surface area contributed by atoms with Gasteiger partial charge in [-0.05, 0) is 30.2 Å². The van der Waals surface area contributed by atoms with Gasteiger partial charge in [-0.15, -0.1) is 0 Å². The predicted molar refractivity (Wildman–Crippen MR) is 71.5 cm³/mol. The summed E-state index contributed by atoms with van der Waals surface area (Å²) in [5.41, 5.74) is 1.40. The van der Waals surface area contributed by atoms with Crippen molar-refractivity contribution in [1.82, 2.24) is 4.98 Å². The minimum atomic E-state index is -0.520. The van der Waals surface area contributed by atoms with Crippen molar-refractivity contribution >= 4 is 5.69 Å². The Hall–Kier alpha value is -2.94. The lowest BCUT2D eigenvalue weighted by Crippen LogP contribution is -1.93. The fourth-order valence-electron chi connectivity index (χ4n) is 1.70. The van der Waals surface area contributed by atoms with Gasteiger partial charge in [-0.2, -0.15) is 5.26 Å². The van der Waals surface area contributed by atoms with Gasteiger partial charge in [0.25, 0.3) is 5.69 Å². The Kier molecular flexibility index (Phi) is 3.91. The number of rotatable bonds is 4. The van der Waals surface area contributed by atoms with E-state index < -0.39 is 4.92 Å². The first-order valence-corrected chi connectivity index (χ1v) is 5.95. The van der Waals surface area contributed by atoms with E-state index in [4.69, 9.17) is 10.00 Å². The van der Waals surface area contributed by atoms with Crippen molar-refractivity contribution < 1.29 is 9.66 Å². The molecule has 20 heavy (non-hydrogen) atoms. The summed E-state index contributed by atoms with van der Waals surface area (Å²) in [5, 5.41) is 19.5. The van der Waals surface area contributed by atoms with Gasteiger partial charge in [0, 0.05) is 12.1 Å². The molecule has 100 valence electrons. The van der Waals surface area contributed by atoms with Gasteiger partial charge in [-0.3, -0.25) is 10.1 Å². The van der Waals surface area contributed by atoms with Crippen molar-refractivity contribution in [3.63, 3.8) is 0 Å². The summed E-state index contributed by atoms with van der Waals surface area (Å²) in [5.74, 6) is 0.810. The second-order valence-electron chi connectivity index (χ2n) is 4.00. The highest BCUT2D eigenvalue weighted by Gasteiger charge is 2.08. The summed E-state index contributed by atoms with van der Waals surface area (Å²) >= 11 is 0. The molecule has 1 aromatic carbocycles. The maximum Gasteiger partial charge on any atom is 0.287 e. The van der Waals surface area contributed by atoms with Crippen LogP contribution in [0.4, 0.5) is 5.69 Å². The molecule has 0 spiro atoms. The van der Waals surface area contributed by atoms with Crippen LogP contribution in [-0.2, 0) is 6.42 Å². The van der Waals surface area contributed by atoms with Crippen molar-refractivity contribution in [2.45, 2.75) is 13.3 Å². The predicted octanol–water partition coefficient (Wildman–Crippen LogP) is 3.22. The quantitative estimate of drug-likeness (QED) is 0.628. The molecule has 0 aliphatic carbocycles. The van der Waals surface area contributed by atoms with Crippen LogP contribution in [0.1, 0.15) is 18.1 Å². The molecule has 0 saturated heterocycles. The molecule has 0 aliphatic rings. The summed E-state index contributed by atoms with van der Waals surface area (Å²) in [6, 6.07) is 9.98. The summed E-state index contributed by atoms with van der Waals surface area (Å²) < 4.78 is 5.51. The number of ether oxygens (including phenoxy) is 1. The molecule has 0 atom stereocenters. The standard InChI is InChI=1S/C14H11N3O3/c1-2-10-7-13(5-3-11(10)8-15)20-14-6-4-12(9-16-14)17(18)19/h3-7,9H,2H2,1H3. The number of pyridine rings is 1. The molecule has 1 aromatic heterocycles. The molecule has 0 N–H and O–H groups in total. The average molecular weight is 269 g/mol. The molecular formula is C14H11N3O3. The third kappa shape index (κ3) is 2.90. The summed E-state index contributed by atoms with van der Waals surface area (Å²) in [6.45, 7) is 1.95. The van der Waals surface area contributed by atoms with Gasteiger partial charge in [0.05, 0.1) is 16.6 Å². The zero-order chi connectivity index (χ0) is 14.5. The van der Waals surface area contributed by atoms with Crippen molar-refractivity contribution in [3.05, 3.63) is 57.8 Å². The molecule has 0 bridgehead atoms. The number of nitro groups is 1. The normalized spacial score (nSPS) is 9.80. The minimum Gasteiger partial charge on any atom is -0.439 e. The first kappa shape index (κ1) is 13.5. The summed E-state index contributed by atoms with van der Waals surface area (Å²) in [4.78, 5) is 13.9. The minimum absolute atomic E-state index is 0.0913. The highest BCUT2D eigenvalue weighted by molar-refractivity contribution is 5.43. The van der Waals surface area contributed by atoms with Gasteiger partial charge >= 0.3 is 0 Å². The van der Waals surface area contributed by atoms with Gasteiger partial charge in [-0.1, -0.05) is 6.92 Å². The van der Waals surface area contributed by atoms with E-state index in [0.29, 0.717) is 17.7 Å². The maximum atomic E-state index is 10.5. The third-order valence-electron chi connectivity index (χ3n) is 2.73. The van der Waals surface area contributed by atoms with Crippen LogP contribution in [0.25, 0.3) is 0 Å². The number of benzene rings is 1. The molecule has 1 heterocycles. The number of aromatic nitrogens is 1. The molecule has 0 aliphatic heterocycles. The van der Waals surface area contributed by atoms with E-state index in [0.717, 1.165) is 11.8 Å². The topological polar surface area (TPSA) is 89.1 Å². The average Bonchev–Trinajstić information content (AvgIpc) is 2.47. The third-order valence-corrected chi connectivity index (χ3v) is 2.73. The Labute approximate surface area is 115 Å². The number of hydrogen-bond donors (Lipinski definition) is 0. The van der Waals surface area contributed by atoms with Crippen molar-refractivity contribution in [3.8, 4) is 17.7 Å². The first-order chi connectivity index (χ1) is 9.63. The first-order valence-electron chi connectivity index (χ1n) is 5.95. The van der Waals surface area contributed by atoms with Gasteiger partial charge in [0.15, 0.2) is 0 Å². The fourth-order valence-corrected chi connectivity index (χ4v) is 1.70. The van der Waals surface area contributed by atoms with E-state index in [2.05, 4.69) is 11.1 Å². The van der Waals surface area contributed by atoms with Gasteiger partial charge in [0.2, 0.25) is 5.88 Å². The molecular weight excluding hydrogens is 258 g/mol. The van der Waals surface area contributed by atoms with Crippen molar-refractivity contribution in [1.29, 1.82) is 5.26 Å². The molecule has 6 nitrogen and oxygen atoms in total. The second-order valence-corrected chi connectivity index (χ2v) is 4.00. The Balaban J connectivity index is 2.22. The molecule has 2 aromatic rings. The van der Waals surface area contributed by atoms with E-state index in [1.807, 2.05) is 6.92 Å². The van der Waals surface area contributed by atoms with Crippen LogP contribution in [0.3, 0.4) is 0 Å². The molecule has 0 saturated carbocycles. The lowest BCUT2D eigenvalue weighted by Gasteiger charge is -2.07. The van der Waals surface area contributed by atoms with Gasteiger partial charge in [-0.25, -0.2) is 4.98 Å². The van der Waals surface area contributed by atoms with Gasteiger partial charge < -0.3 is 4.74 Å². The van der Waals surface area contributed by atoms with Crippen molar-refractivity contribution in [2.75, 3.05) is 0 Å². The number of aryl methyl sites for hydroxylation is 1. The molecule has 0 fully saturated rings. The molecule has 6 heteroatoms. The lowest BCUT2D eigenvalue weighted by molar-refractivity contribution is -0.385. The van der Waals surface area contributed by atoms with Crippen LogP contribution >= 0.6 is 0 Å². The SMILES string of the molecule is CCc1cc(Oc2ccc([N+](=O)[O-])cn2)ccc1C#N. The summed E-state index contributed by atoms with van der Waals surface area (Å²) in [6.07, 6.45) is 1.85. The zero-order valence-electron chi connectivity index (χ0n) is 10.7. The Morgan fingerprint density at radius 1 is 1.40 bits per heavy atom. The van der Waals surface area contributed by atoms with E-state index in [9.17, 15) is 10.1 Å². The van der Waals surface area contributed by atoms with Gasteiger partial charge in [0.1, 0.15) is 11.9 Å². The Bertz CT molecular complexity index is 675. The van der Waals surface area contributed by atoms with Crippen LogP contribution in [0.5, 0.6) is 11.6 Å². The highest BCUT2D eigenvalue weighted by atomic mass is 16.6. The second kappa shape index (κ2) is 5.80. The van der Waals surface area contributed by atoms with Crippen LogP contribution in [0, 0.1) is 21.4 Å². The Morgan fingerprint density at radius 2 is 2.20 bits per heavy atom. The number of nitrogens with zero attached hydrogens (tertiary/aromatic N) is 3. The van der Waals surface area contributed by atoms with E-state index >= 15 is 0 Å². The monoisotopic (exact) mass is 269 g/mol. The number of nitriles is 1. The van der Waals surface area contributed by atoms with E-state index in [1.165, 1.54) is 12.1 Å². The fraction of sp³-hybridized carbons (Fsp3) is 0.143. The molecule has 0 amide bonds. The Morgan fingerprint density at radius 3 is 2.75 bits per heavy atom. The molecule has 2 rings (SSSR count). The van der Waals surface area contributed by atoms with Crippen molar-refractivity contribution in [2.24, 2.45) is 0 Å². The summed E-state index contributed by atoms with van der Waals surface area (Å²) in [7, 11) is 0. The van der Waals surface area contributed by atoms with Crippen LogP contribution in [0.2, 0.25) is 0 Å². The molecule has 0 radical (unpaired) electrons. The lowest BCUT2D eigenvalue weighted by atomic mass is 10.1. The zero-order valence-corrected chi connectivity index (χ0v) is 10.7. The largest absolute Gasteiger partial charge is 0.439 e.